The number of benzene rings is 1. The molecule has 0 bridgehead atoms. The molecule has 0 saturated carbocycles. The molecule has 0 aliphatic carbocycles. The van der Waals surface area contributed by atoms with Gasteiger partial charge in [0.25, 0.3) is 0 Å². The summed E-state index contributed by atoms with van der Waals surface area (Å²) in [6.45, 7) is 2.03. The van der Waals surface area contributed by atoms with Crippen molar-refractivity contribution in [3.8, 4) is 11.8 Å². The van der Waals surface area contributed by atoms with Crippen molar-refractivity contribution in [3.63, 3.8) is 0 Å². The van der Waals surface area contributed by atoms with Crippen molar-refractivity contribution < 1.29 is 9.53 Å². The molecule has 1 aromatic rings. The van der Waals surface area contributed by atoms with Crippen molar-refractivity contribution in [3.05, 3.63) is 23.8 Å². The number of amides is 1. The van der Waals surface area contributed by atoms with Crippen molar-refractivity contribution in [1.29, 1.82) is 5.26 Å². The number of ether oxygens (including phenoxy) is 1. The Balaban J connectivity index is 2.73. The normalized spacial score (nSPS) is 9.47. The van der Waals surface area contributed by atoms with E-state index in [1.807, 2.05) is 25.1 Å². The number of nitrogens with one attached hydrogen (secondary N) is 1. The number of nitrogens with zero attached hydrogens (tertiary/aromatic N) is 1. The van der Waals surface area contributed by atoms with Crippen molar-refractivity contribution >= 4 is 11.6 Å². The zero-order chi connectivity index (χ0) is 12.7. The molecule has 0 saturated heterocycles. The van der Waals surface area contributed by atoms with Crippen LogP contribution in [0, 0.1) is 11.3 Å². The van der Waals surface area contributed by atoms with E-state index in [0.717, 1.165) is 23.4 Å². The lowest BCUT2D eigenvalue weighted by Crippen LogP contribution is -2.11. The molecule has 1 rings (SSSR count). The summed E-state index contributed by atoms with van der Waals surface area (Å²) in [5, 5.41) is 11.1. The van der Waals surface area contributed by atoms with Gasteiger partial charge in [-0.3, -0.25) is 4.79 Å². The van der Waals surface area contributed by atoms with E-state index in [1.165, 1.54) is 0 Å². The lowest BCUT2D eigenvalue weighted by Gasteiger charge is -2.10. The Morgan fingerprint density at radius 3 is 2.88 bits per heavy atom. The molecule has 4 nitrogen and oxygen atoms in total. The fourth-order valence-corrected chi connectivity index (χ4v) is 1.53. The number of hydrogen-bond donors (Lipinski definition) is 1. The van der Waals surface area contributed by atoms with Crippen LogP contribution in [0.2, 0.25) is 0 Å². The molecule has 0 unspecified atom stereocenters. The van der Waals surface area contributed by atoms with Crippen LogP contribution >= 0.6 is 0 Å². The molecule has 0 radical (unpaired) electrons. The number of nitriles is 1. The first kappa shape index (κ1) is 13.0. The Kier molecular flexibility index (Phi) is 5.02. The van der Waals surface area contributed by atoms with Gasteiger partial charge in [-0.05, 0) is 30.2 Å². The van der Waals surface area contributed by atoms with Gasteiger partial charge in [0.15, 0.2) is 0 Å². The number of carbonyl (C=O) groups is 1. The fraction of sp³-hybridized carbons (Fsp3) is 0.385. The molecule has 1 N–H and O–H groups in total. The zero-order valence-electron chi connectivity index (χ0n) is 10.1. The second-order valence-corrected chi connectivity index (χ2v) is 3.59. The third-order valence-corrected chi connectivity index (χ3v) is 2.41. The van der Waals surface area contributed by atoms with Crippen LogP contribution in [0.25, 0.3) is 0 Å². The van der Waals surface area contributed by atoms with Gasteiger partial charge in [0.2, 0.25) is 5.91 Å². The van der Waals surface area contributed by atoms with E-state index >= 15 is 0 Å². The number of methoxy groups -OCH3 is 1. The number of carbonyl (C=O) groups excluding carboxylic acids is 1. The highest BCUT2D eigenvalue weighted by Gasteiger charge is 2.05. The first-order valence-electron chi connectivity index (χ1n) is 5.55. The number of hydrogen-bond acceptors (Lipinski definition) is 3. The summed E-state index contributed by atoms with van der Waals surface area (Å²) in [4.78, 5) is 11.4. The largest absolute Gasteiger partial charge is 0.496 e. The molecule has 1 aromatic carbocycles. The van der Waals surface area contributed by atoms with Gasteiger partial charge in [-0.1, -0.05) is 6.92 Å². The summed E-state index contributed by atoms with van der Waals surface area (Å²) in [5.41, 5.74) is 1.79. The van der Waals surface area contributed by atoms with Gasteiger partial charge in [0, 0.05) is 18.5 Å². The molecular weight excluding hydrogens is 216 g/mol. The van der Waals surface area contributed by atoms with Crippen molar-refractivity contribution in [2.45, 2.75) is 26.2 Å². The first-order valence-corrected chi connectivity index (χ1v) is 5.55. The molecule has 1 amide bonds. The van der Waals surface area contributed by atoms with Crippen molar-refractivity contribution in [2.75, 3.05) is 12.4 Å². The first-order chi connectivity index (χ1) is 8.21. The van der Waals surface area contributed by atoms with Gasteiger partial charge in [0.1, 0.15) is 5.75 Å². The monoisotopic (exact) mass is 232 g/mol. The quantitative estimate of drug-likeness (QED) is 0.848. The van der Waals surface area contributed by atoms with Crippen molar-refractivity contribution in [2.24, 2.45) is 0 Å². The Labute approximate surface area is 101 Å². The fourth-order valence-electron chi connectivity index (χ4n) is 1.53. The molecular formula is C13H16N2O2. The van der Waals surface area contributed by atoms with Crippen molar-refractivity contribution in [1.82, 2.24) is 0 Å². The summed E-state index contributed by atoms with van der Waals surface area (Å²) in [7, 11) is 1.62. The molecule has 0 aliphatic rings. The third-order valence-electron chi connectivity index (χ3n) is 2.41. The minimum atomic E-state index is -0.140. The van der Waals surface area contributed by atoms with Gasteiger partial charge in [0.05, 0.1) is 13.2 Å². The van der Waals surface area contributed by atoms with E-state index in [-0.39, 0.29) is 18.7 Å². The van der Waals surface area contributed by atoms with Crippen LogP contribution in [0.15, 0.2) is 18.2 Å². The van der Waals surface area contributed by atoms with Gasteiger partial charge >= 0.3 is 0 Å². The lowest BCUT2D eigenvalue weighted by molar-refractivity contribution is -0.116. The molecule has 0 aliphatic heterocycles. The van der Waals surface area contributed by atoms with Crippen LogP contribution in [-0.2, 0) is 11.2 Å². The van der Waals surface area contributed by atoms with E-state index in [0.29, 0.717) is 0 Å². The van der Waals surface area contributed by atoms with Crippen LogP contribution in [0.5, 0.6) is 5.75 Å². The topological polar surface area (TPSA) is 62.1 Å². The van der Waals surface area contributed by atoms with Gasteiger partial charge in [-0.2, -0.15) is 5.26 Å². The maximum atomic E-state index is 11.4. The molecule has 4 heteroatoms. The van der Waals surface area contributed by atoms with Crippen LogP contribution in [-0.4, -0.2) is 13.0 Å². The van der Waals surface area contributed by atoms with E-state index in [1.54, 1.807) is 13.2 Å². The Morgan fingerprint density at radius 2 is 2.29 bits per heavy atom. The van der Waals surface area contributed by atoms with Crippen LogP contribution in [0.3, 0.4) is 0 Å². The standard InChI is InChI=1S/C13H16N2O2/c1-3-10-9-11(6-7-12(10)17-2)15-13(16)5-4-8-14/h6-7,9H,3-5H2,1-2H3,(H,15,16). The van der Waals surface area contributed by atoms with E-state index < -0.39 is 0 Å². The maximum Gasteiger partial charge on any atom is 0.225 e. The molecule has 0 heterocycles. The highest BCUT2D eigenvalue weighted by atomic mass is 16.5. The number of rotatable bonds is 5. The summed E-state index contributed by atoms with van der Waals surface area (Å²) in [5.74, 6) is 0.682. The summed E-state index contributed by atoms with van der Waals surface area (Å²) in [6.07, 6.45) is 1.30. The molecule has 17 heavy (non-hydrogen) atoms. The van der Waals surface area contributed by atoms with Crippen LogP contribution in [0.4, 0.5) is 5.69 Å². The predicted octanol–water partition coefficient (Wildman–Crippen LogP) is 2.50. The smallest absolute Gasteiger partial charge is 0.225 e. The Hall–Kier alpha value is -2.02. The molecule has 0 spiro atoms. The average molecular weight is 232 g/mol. The highest BCUT2D eigenvalue weighted by molar-refractivity contribution is 5.91. The Bertz CT molecular complexity index is 436. The average Bonchev–Trinajstić information content (AvgIpc) is 2.36. The predicted molar refractivity (Wildman–Crippen MR) is 65.8 cm³/mol. The summed E-state index contributed by atoms with van der Waals surface area (Å²) < 4.78 is 5.21. The lowest BCUT2D eigenvalue weighted by atomic mass is 10.1. The summed E-state index contributed by atoms with van der Waals surface area (Å²) in [6, 6.07) is 7.46. The molecule has 0 aromatic heterocycles. The number of aryl methyl sites for hydroxylation is 1. The number of anilines is 1. The highest BCUT2D eigenvalue weighted by Crippen LogP contribution is 2.23. The summed E-state index contributed by atoms with van der Waals surface area (Å²) >= 11 is 0. The zero-order valence-corrected chi connectivity index (χ0v) is 10.1. The molecule has 90 valence electrons. The second kappa shape index (κ2) is 6.54. The van der Waals surface area contributed by atoms with E-state index in [9.17, 15) is 4.79 Å². The van der Waals surface area contributed by atoms with Gasteiger partial charge in [-0.25, -0.2) is 0 Å². The van der Waals surface area contributed by atoms with E-state index in [2.05, 4.69) is 5.32 Å². The van der Waals surface area contributed by atoms with Crippen LogP contribution < -0.4 is 10.1 Å². The molecule has 0 fully saturated rings. The molecule has 0 atom stereocenters. The maximum absolute atomic E-state index is 11.4. The third kappa shape index (κ3) is 3.80. The van der Waals surface area contributed by atoms with Gasteiger partial charge in [-0.15, -0.1) is 0 Å². The Morgan fingerprint density at radius 1 is 1.53 bits per heavy atom. The SMILES string of the molecule is CCc1cc(NC(=O)CCC#N)ccc1OC. The minimum Gasteiger partial charge on any atom is -0.496 e. The van der Waals surface area contributed by atoms with E-state index in [4.69, 9.17) is 10.00 Å². The minimum absolute atomic E-state index is 0.140. The second-order valence-electron chi connectivity index (χ2n) is 3.59. The van der Waals surface area contributed by atoms with Crippen LogP contribution in [0.1, 0.15) is 25.3 Å². The van der Waals surface area contributed by atoms with Gasteiger partial charge < -0.3 is 10.1 Å².